The molecule has 138 valence electrons. The highest BCUT2D eigenvalue weighted by molar-refractivity contribution is 7.99. The normalized spacial score (nSPS) is 20.6. The third-order valence-corrected chi connectivity index (χ3v) is 5.51. The van der Waals surface area contributed by atoms with E-state index < -0.39 is 6.04 Å². The standard InChI is InChI=1S/C19H26ClNO3S/c1-5-10-24-18(23)15-12-25-17(13-8-6-7-9-14(13)20)21(15)16(22)11-19(2,3)4/h6-9,15,17H,5,10-12H2,1-4H3/t15-,17-/m0/s1. The summed E-state index contributed by atoms with van der Waals surface area (Å²) in [5, 5.41) is 0.346. The number of rotatable bonds is 5. The predicted octanol–water partition coefficient (Wildman–Crippen LogP) is 4.67. The molecule has 1 aromatic rings. The number of amides is 1. The van der Waals surface area contributed by atoms with Crippen LogP contribution in [0.25, 0.3) is 0 Å². The number of esters is 1. The zero-order valence-corrected chi connectivity index (χ0v) is 16.8. The molecule has 1 heterocycles. The Morgan fingerprint density at radius 1 is 1.32 bits per heavy atom. The minimum Gasteiger partial charge on any atom is -0.464 e. The van der Waals surface area contributed by atoms with E-state index in [9.17, 15) is 9.59 Å². The number of thioether (sulfide) groups is 1. The molecule has 0 spiro atoms. The Labute approximate surface area is 159 Å². The summed E-state index contributed by atoms with van der Waals surface area (Å²) in [4.78, 5) is 27.2. The average Bonchev–Trinajstić information content (AvgIpc) is 2.96. The maximum absolute atomic E-state index is 13.0. The highest BCUT2D eigenvalue weighted by Gasteiger charge is 2.44. The molecule has 1 aliphatic rings. The first kappa shape index (κ1) is 20.1. The number of halogens is 1. The van der Waals surface area contributed by atoms with Gasteiger partial charge in [-0.3, -0.25) is 4.79 Å². The quantitative estimate of drug-likeness (QED) is 0.693. The van der Waals surface area contributed by atoms with E-state index in [1.54, 1.807) is 16.7 Å². The molecule has 1 fully saturated rings. The highest BCUT2D eigenvalue weighted by atomic mass is 35.5. The van der Waals surface area contributed by atoms with Gasteiger partial charge in [-0.15, -0.1) is 11.8 Å². The molecule has 0 aliphatic carbocycles. The van der Waals surface area contributed by atoms with Crippen molar-refractivity contribution in [1.29, 1.82) is 0 Å². The zero-order valence-electron chi connectivity index (χ0n) is 15.3. The Morgan fingerprint density at radius 3 is 2.60 bits per heavy atom. The number of carbonyl (C=O) groups is 2. The summed E-state index contributed by atoms with van der Waals surface area (Å²) in [7, 11) is 0. The SMILES string of the molecule is CCCOC(=O)[C@@H]1CS[C@@H](c2ccccc2Cl)N1C(=O)CC(C)(C)C. The number of hydrogen-bond donors (Lipinski definition) is 0. The first-order valence-corrected chi connectivity index (χ1v) is 10.0. The molecule has 0 radical (unpaired) electrons. The van der Waals surface area contributed by atoms with E-state index in [2.05, 4.69) is 0 Å². The van der Waals surface area contributed by atoms with Crippen LogP contribution in [0.15, 0.2) is 24.3 Å². The summed E-state index contributed by atoms with van der Waals surface area (Å²) >= 11 is 7.91. The van der Waals surface area contributed by atoms with Crippen LogP contribution < -0.4 is 0 Å². The van der Waals surface area contributed by atoms with E-state index in [0.29, 0.717) is 23.8 Å². The molecular weight excluding hydrogens is 358 g/mol. The molecule has 2 atom stereocenters. The smallest absolute Gasteiger partial charge is 0.329 e. The van der Waals surface area contributed by atoms with E-state index in [0.717, 1.165) is 12.0 Å². The number of nitrogens with zero attached hydrogens (tertiary/aromatic N) is 1. The van der Waals surface area contributed by atoms with E-state index >= 15 is 0 Å². The van der Waals surface area contributed by atoms with Gasteiger partial charge in [0.2, 0.25) is 5.91 Å². The van der Waals surface area contributed by atoms with Gasteiger partial charge in [0.15, 0.2) is 0 Å². The second-order valence-corrected chi connectivity index (χ2v) is 8.95. The van der Waals surface area contributed by atoms with Crippen molar-refractivity contribution in [2.75, 3.05) is 12.4 Å². The van der Waals surface area contributed by atoms with Crippen LogP contribution in [0, 0.1) is 5.41 Å². The summed E-state index contributed by atoms with van der Waals surface area (Å²) in [5.74, 6) is 0.154. The third-order valence-electron chi connectivity index (χ3n) is 3.86. The van der Waals surface area contributed by atoms with Gasteiger partial charge in [0.1, 0.15) is 11.4 Å². The van der Waals surface area contributed by atoms with Gasteiger partial charge in [0, 0.05) is 22.8 Å². The largest absolute Gasteiger partial charge is 0.464 e. The minimum atomic E-state index is -0.562. The average molecular weight is 384 g/mol. The third kappa shape index (κ3) is 5.14. The molecule has 0 bridgehead atoms. The van der Waals surface area contributed by atoms with Crippen molar-refractivity contribution >= 4 is 35.2 Å². The first-order chi connectivity index (χ1) is 11.7. The van der Waals surface area contributed by atoms with Crippen LogP contribution in [0.3, 0.4) is 0 Å². The molecule has 1 amide bonds. The lowest BCUT2D eigenvalue weighted by molar-refractivity contribution is -0.154. The zero-order chi connectivity index (χ0) is 18.6. The summed E-state index contributed by atoms with van der Waals surface area (Å²) in [5.41, 5.74) is 0.704. The summed E-state index contributed by atoms with van der Waals surface area (Å²) in [6, 6.07) is 6.92. The number of carbonyl (C=O) groups excluding carboxylic acids is 2. The lowest BCUT2D eigenvalue weighted by Crippen LogP contribution is -2.45. The molecule has 0 saturated carbocycles. The topological polar surface area (TPSA) is 46.6 Å². The lowest BCUT2D eigenvalue weighted by Gasteiger charge is -2.31. The molecule has 1 aromatic carbocycles. The molecule has 0 aromatic heterocycles. The predicted molar refractivity (Wildman–Crippen MR) is 103 cm³/mol. The second kappa shape index (κ2) is 8.45. The molecule has 25 heavy (non-hydrogen) atoms. The Bertz CT molecular complexity index is 629. The molecule has 1 saturated heterocycles. The van der Waals surface area contributed by atoms with E-state index in [4.69, 9.17) is 16.3 Å². The first-order valence-electron chi connectivity index (χ1n) is 8.58. The van der Waals surface area contributed by atoms with Crippen LogP contribution >= 0.6 is 23.4 Å². The number of hydrogen-bond acceptors (Lipinski definition) is 4. The molecule has 6 heteroatoms. The van der Waals surface area contributed by atoms with Crippen molar-refractivity contribution in [3.63, 3.8) is 0 Å². The van der Waals surface area contributed by atoms with Crippen LogP contribution in [0.1, 0.15) is 51.5 Å². The number of benzene rings is 1. The van der Waals surface area contributed by atoms with Crippen molar-refractivity contribution in [3.8, 4) is 0 Å². The number of ether oxygens (including phenoxy) is 1. The lowest BCUT2D eigenvalue weighted by atomic mass is 9.91. The second-order valence-electron chi connectivity index (χ2n) is 7.43. The van der Waals surface area contributed by atoms with Crippen molar-refractivity contribution in [2.45, 2.75) is 52.0 Å². The summed E-state index contributed by atoms with van der Waals surface area (Å²) in [6.07, 6.45) is 1.13. The van der Waals surface area contributed by atoms with Gasteiger partial charge in [-0.2, -0.15) is 0 Å². The van der Waals surface area contributed by atoms with Gasteiger partial charge in [0.05, 0.1) is 6.61 Å². The Morgan fingerprint density at radius 2 is 2.00 bits per heavy atom. The molecule has 0 N–H and O–H groups in total. The fraction of sp³-hybridized carbons (Fsp3) is 0.579. The fourth-order valence-electron chi connectivity index (χ4n) is 2.75. The van der Waals surface area contributed by atoms with Gasteiger partial charge < -0.3 is 9.64 Å². The molecular formula is C19H26ClNO3S. The summed E-state index contributed by atoms with van der Waals surface area (Å²) in [6.45, 7) is 8.37. The van der Waals surface area contributed by atoms with Crippen LogP contribution in [0.4, 0.5) is 0 Å². The fourth-order valence-corrected chi connectivity index (χ4v) is 4.53. The molecule has 4 nitrogen and oxygen atoms in total. The van der Waals surface area contributed by atoms with Crippen molar-refractivity contribution in [2.24, 2.45) is 5.41 Å². The molecule has 1 aliphatic heterocycles. The van der Waals surface area contributed by atoms with Gasteiger partial charge in [-0.05, 0) is 17.9 Å². The minimum absolute atomic E-state index is 0.0409. The Kier molecular flexibility index (Phi) is 6.80. The summed E-state index contributed by atoms with van der Waals surface area (Å²) < 4.78 is 5.32. The van der Waals surface area contributed by atoms with Crippen LogP contribution in [0.2, 0.25) is 5.02 Å². The molecule has 0 unspecified atom stereocenters. The Hall–Kier alpha value is -1.20. The van der Waals surface area contributed by atoms with Crippen LogP contribution in [-0.2, 0) is 14.3 Å². The maximum Gasteiger partial charge on any atom is 0.329 e. The van der Waals surface area contributed by atoms with Gasteiger partial charge >= 0.3 is 5.97 Å². The Balaban J connectivity index is 2.31. The van der Waals surface area contributed by atoms with Crippen LogP contribution in [0.5, 0.6) is 0 Å². The van der Waals surface area contributed by atoms with E-state index in [1.165, 1.54) is 0 Å². The van der Waals surface area contributed by atoms with Crippen molar-refractivity contribution < 1.29 is 14.3 Å². The van der Waals surface area contributed by atoms with E-state index in [-0.39, 0.29) is 22.7 Å². The van der Waals surface area contributed by atoms with Crippen molar-refractivity contribution in [1.82, 2.24) is 4.90 Å². The highest BCUT2D eigenvalue weighted by Crippen LogP contribution is 2.45. The maximum atomic E-state index is 13.0. The van der Waals surface area contributed by atoms with Crippen molar-refractivity contribution in [3.05, 3.63) is 34.9 Å². The monoisotopic (exact) mass is 383 g/mol. The van der Waals surface area contributed by atoms with Gasteiger partial charge in [0.25, 0.3) is 0 Å². The van der Waals surface area contributed by atoms with Crippen LogP contribution in [-0.4, -0.2) is 35.2 Å². The molecule has 2 rings (SSSR count). The van der Waals surface area contributed by atoms with E-state index in [1.807, 2.05) is 52.0 Å². The van der Waals surface area contributed by atoms with Gasteiger partial charge in [-0.1, -0.05) is 57.5 Å². The van der Waals surface area contributed by atoms with Gasteiger partial charge in [-0.25, -0.2) is 4.79 Å².